The summed E-state index contributed by atoms with van der Waals surface area (Å²) in [5.41, 5.74) is 0.460. The fraction of sp³-hybridized carbons (Fsp3) is 1.00. The van der Waals surface area contributed by atoms with Crippen LogP contribution in [0.25, 0.3) is 0 Å². The van der Waals surface area contributed by atoms with E-state index in [1.54, 1.807) is 14.2 Å². The minimum Gasteiger partial charge on any atom is -0.399 e. The van der Waals surface area contributed by atoms with Gasteiger partial charge in [-0.05, 0) is 6.42 Å². The van der Waals surface area contributed by atoms with E-state index in [4.69, 9.17) is 8.85 Å². The summed E-state index contributed by atoms with van der Waals surface area (Å²) < 4.78 is 10.9. The molecule has 1 unspecified atom stereocenters. The van der Waals surface area contributed by atoms with E-state index in [-0.39, 0.29) is 0 Å². The van der Waals surface area contributed by atoms with Gasteiger partial charge in [0.05, 0.1) is 0 Å². The van der Waals surface area contributed by atoms with Gasteiger partial charge in [0.2, 0.25) is 0 Å². The molecule has 0 aromatic heterocycles. The lowest BCUT2D eigenvalue weighted by Gasteiger charge is -2.30. The molecule has 1 atom stereocenters. The molecular weight excluding hydrogens is 210 g/mol. The second kappa shape index (κ2) is 6.73. The largest absolute Gasteiger partial charge is 0.399 e. The summed E-state index contributed by atoms with van der Waals surface area (Å²) >= 11 is 0. The van der Waals surface area contributed by atoms with Crippen LogP contribution in [0.1, 0.15) is 19.8 Å². The molecule has 0 aliphatic heterocycles. The van der Waals surface area contributed by atoms with Crippen molar-refractivity contribution in [1.29, 1.82) is 0 Å². The topological polar surface area (TPSA) is 30.5 Å². The standard InChI is InChI=1S/C9H25NO2Si2/c1-7-8-9(10-14(4,5)6)13(11-2)12-3/h9-10,13H,7-8H2,1-6H3. The SMILES string of the molecule is CCCC(N[Si](C)(C)C)[SiH](OC)OC. The third-order valence-corrected chi connectivity index (χ3v) is 5.67. The Labute approximate surface area is 91.1 Å². The zero-order valence-electron chi connectivity index (χ0n) is 10.4. The summed E-state index contributed by atoms with van der Waals surface area (Å²) in [6.45, 7) is 9.14. The Morgan fingerprint density at radius 3 is 2.00 bits per heavy atom. The molecule has 0 saturated heterocycles. The summed E-state index contributed by atoms with van der Waals surface area (Å²) in [6, 6.07) is 0. The molecule has 86 valence electrons. The van der Waals surface area contributed by atoms with Gasteiger partial charge in [-0.3, -0.25) is 0 Å². The lowest BCUT2D eigenvalue weighted by atomic mass is 10.3. The number of rotatable bonds is 7. The molecule has 0 aromatic carbocycles. The van der Waals surface area contributed by atoms with E-state index in [9.17, 15) is 0 Å². The molecule has 0 aromatic rings. The Kier molecular flexibility index (Phi) is 6.89. The van der Waals surface area contributed by atoms with Crippen molar-refractivity contribution in [1.82, 2.24) is 4.98 Å². The molecule has 0 aliphatic carbocycles. The zero-order chi connectivity index (χ0) is 11.2. The third kappa shape index (κ3) is 5.92. The molecule has 14 heavy (non-hydrogen) atoms. The summed E-state index contributed by atoms with van der Waals surface area (Å²) in [7, 11) is 0.789. The highest BCUT2D eigenvalue weighted by Gasteiger charge is 2.28. The first-order chi connectivity index (χ1) is 6.44. The van der Waals surface area contributed by atoms with Crippen molar-refractivity contribution in [3.05, 3.63) is 0 Å². The highest BCUT2D eigenvalue weighted by Crippen LogP contribution is 2.07. The van der Waals surface area contributed by atoms with Crippen LogP contribution in [0.4, 0.5) is 0 Å². The molecule has 0 radical (unpaired) electrons. The minimum atomic E-state index is -1.50. The zero-order valence-corrected chi connectivity index (χ0v) is 12.5. The minimum absolute atomic E-state index is 0.460. The van der Waals surface area contributed by atoms with Crippen LogP contribution in [0.3, 0.4) is 0 Å². The summed E-state index contributed by atoms with van der Waals surface area (Å²) in [4.78, 5) is 3.71. The van der Waals surface area contributed by atoms with Crippen LogP contribution in [0.5, 0.6) is 0 Å². The molecule has 0 fully saturated rings. The van der Waals surface area contributed by atoms with Gasteiger partial charge < -0.3 is 13.8 Å². The first kappa shape index (κ1) is 14.3. The molecule has 0 bridgehead atoms. The smallest absolute Gasteiger partial charge is 0.337 e. The Hall–Kier alpha value is 0.314. The van der Waals surface area contributed by atoms with E-state index in [0.29, 0.717) is 5.67 Å². The van der Waals surface area contributed by atoms with Crippen LogP contribution >= 0.6 is 0 Å². The van der Waals surface area contributed by atoms with Gasteiger partial charge in [0, 0.05) is 19.9 Å². The molecular formula is C9H25NO2Si2. The molecule has 0 heterocycles. The van der Waals surface area contributed by atoms with Gasteiger partial charge in [0.1, 0.15) is 8.24 Å². The monoisotopic (exact) mass is 235 g/mol. The normalized spacial score (nSPS) is 14.8. The van der Waals surface area contributed by atoms with Gasteiger partial charge in [-0.25, -0.2) is 0 Å². The Morgan fingerprint density at radius 1 is 1.21 bits per heavy atom. The summed E-state index contributed by atoms with van der Waals surface area (Å²) in [5, 5.41) is 0. The highest BCUT2D eigenvalue weighted by molar-refractivity contribution is 6.74. The molecule has 0 rings (SSSR count). The van der Waals surface area contributed by atoms with Crippen molar-refractivity contribution in [3.8, 4) is 0 Å². The predicted octanol–water partition coefficient (Wildman–Crippen LogP) is 1.63. The average molecular weight is 235 g/mol. The van der Waals surface area contributed by atoms with Gasteiger partial charge in [-0.2, -0.15) is 0 Å². The van der Waals surface area contributed by atoms with E-state index in [0.717, 1.165) is 6.42 Å². The van der Waals surface area contributed by atoms with Crippen molar-refractivity contribution in [2.75, 3.05) is 14.2 Å². The van der Waals surface area contributed by atoms with Gasteiger partial charge in [0.15, 0.2) is 0 Å². The quantitative estimate of drug-likeness (QED) is 0.681. The van der Waals surface area contributed by atoms with Crippen LogP contribution in [0.2, 0.25) is 19.6 Å². The molecule has 1 N–H and O–H groups in total. The van der Waals surface area contributed by atoms with Gasteiger partial charge >= 0.3 is 9.28 Å². The molecule has 0 saturated carbocycles. The molecule has 3 nitrogen and oxygen atoms in total. The van der Waals surface area contributed by atoms with Crippen LogP contribution in [-0.2, 0) is 8.85 Å². The Balaban J connectivity index is 4.26. The first-order valence-electron chi connectivity index (χ1n) is 5.28. The average Bonchev–Trinajstić information content (AvgIpc) is 2.04. The summed E-state index contributed by atoms with van der Waals surface area (Å²) in [6.07, 6.45) is 2.33. The lowest BCUT2D eigenvalue weighted by molar-refractivity contribution is 0.260. The molecule has 0 spiro atoms. The van der Waals surface area contributed by atoms with E-state index < -0.39 is 17.5 Å². The van der Waals surface area contributed by atoms with Crippen LogP contribution < -0.4 is 4.98 Å². The third-order valence-electron chi connectivity index (χ3n) is 2.01. The molecule has 0 amide bonds. The second-order valence-corrected chi connectivity index (χ2v) is 11.9. The fourth-order valence-electron chi connectivity index (χ4n) is 1.57. The van der Waals surface area contributed by atoms with Crippen molar-refractivity contribution in [2.24, 2.45) is 0 Å². The van der Waals surface area contributed by atoms with Crippen molar-refractivity contribution in [3.63, 3.8) is 0 Å². The Bertz CT molecular complexity index is 146. The molecule has 0 aliphatic rings. The highest BCUT2D eigenvalue weighted by atomic mass is 28.3. The number of hydrogen-bond donors (Lipinski definition) is 1. The molecule has 5 heteroatoms. The van der Waals surface area contributed by atoms with Crippen molar-refractivity contribution < 1.29 is 8.85 Å². The second-order valence-electron chi connectivity index (χ2n) is 4.63. The van der Waals surface area contributed by atoms with Crippen LogP contribution in [0, 0.1) is 0 Å². The van der Waals surface area contributed by atoms with Crippen LogP contribution in [-0.4, -0.2) is 37.4 Å². The maximum Gasteiger partial charge on any atom is 0.337 e. The lowest BCUT2D eigenvalue weighted by Crippen LogP contribution is -2.55. The maximum atomic E-state index is 5.44. The Morgan fingerprint density at radius 2 is 1.71 bits per heavy atom. The van der Waals surface area contributed by atoms with Gasteiger partial charge in [-0.1, -0.05) is 33.0 Å². The number of hydrogen-bond acceptors (Lipinski definition) is 3. The predicted molar refractivity (Wildman–Crippen MR) is 66.3 cm³/mol. The number of nitrogens with one attached hydrogen (secondary N) is 1. The first-order valence-corrected chi connectivity index (χ1v) is 10.4. The van der Waals surface area contributed by atoms with Gasteiger partial charge in [0.25, 0.3) is 0 Å². The van der Waals surface area contributed by atoms with Crippen molar-refractivity contribution >= 4 is 17.5 Å². The van der Waals surface area contributed by atoms with Gasteiger partial charge in [-0.15, -0.1) is 0 Å². The van der Waals surface area contributed by atoms with E-state index in [1.165, 1.54) is 6.42 Å². The van der Waals surface area contributed by atoms with Crippen LogP contribution in [0.15, 0.2) is 0 Å². The summed E-state index contributed by atoms with van der Waals surface area (Å²) in [5.74, 6) is 0. The maximum absolute atomic E-state index is 5.44. The van der Waals surface area contributed by atoms with E-state index in [2.05, 4.69) is 31.5 Å². The fourth-order valence-corrected chi connectivity index (χ4v) is 6.32. The van der Waals surface area contributed by atoms with E-state index in [1.807, 2.05) is 0 Å². The van der Waals surface area contributed by atoms with Crippen molar-refractivity contribution in [2.45, 2.75) is 45.1 Å². The van der Waals surface area contributed by atoms with E-state index >= 15 is 0 Å².